The summed E-state index contributed by atoms with van der Waals surface area (Å²) in [5.74, 6) is 0.715. The molecule has 1 aromatic heterocycles. The summed E-state index contributed by atoms with van der Waals surface area (Å²) < 4.78 is 2.16. The van der Waals surface area contributed by atoms with Crippen LogP contribution in [0.1, 0.15) is 39.8 Å². The summed E-state index contributed by atoms with van der Waals surface area (Å²) in [6, 6.07) is 3.44. The Balaban J connectivity index is 2.24. The Kier molecular flexibility index (Phi) is 3.33. The van der Waals surface area contributed by atoms with E-state index in [1.165, 1.54) is 12.1 Å². The number of hydrogen-bond acceptors (Lipinski definition) is 2. The van der Waals surface area contributed by atoms with Gasteiger partial charge in [0.05, 0.1) is 5.69 Å². The van der Waals surface area contributed by atoms with Gasteiger partial charge in [0.1, 0.15) is 0 Å². The smallest absolute Gasteiger partial charge is 0.0524 e. The number of nitrogens with zero attached hydrogens (tertiary/aromatic N) is 3. The first-order valence-corrected chi connectivity index (χ1v) is 6.36. The summed E-state index contributed by atoms with van der Waals surface area (Å²) in [5.41, 5.74) is 1.36. The van der Waals surface area contributed by atoms with E-state index in [-0.39, 0.29) is 0 Å². The molecular formula is C13H23N3. The highest BCUT2D eigenvalue weighted by atomic mass is 15.3. The fourth-order valence-corrected chi connectivity index (χ4v) is 2.70. The van der Waals surface area contributed by atoms with Gasteiger partial charge in [0.25, 0.3) is 0 Å². The SMILES string of the molecule is CC(C)C1CCn2nccc2CN1C(C)C. The van der Waals surface area contributed by atoms with E-state index in [0.717, 1.165) is 13.1 Å². The van der Waals surface area contributed by atoms with Crippen LogP contribution in [0, 0.1) is 5.92 Å². The monoisotopic (exact) mass is 221 g/mol. The van der Waals surface area contributed by atoms with Crippen molar-refractivity contribution in [3.63, 3.8) is 0 Å². The fraction of sp³-hybridized carbons (Fsp3) is 0.769. The molecule has 0 aliphatic carbocycles. The zero-order valence-electron chi connectivity index (χ0n) is 10.8. The van der Waals surface area contributed by atoms with E-state index in [9.17, 15) is 0 Å². The third-order valence-electron chi connectivity index (χ3n) is 3.64. The average molecular weight is 221 g/mol. The van der Waals surface area contributed by atoms with Gasteiger partial charge >= 0.3 is 0 Å². The molecule has 0 saturated carbocycles. The first-order chi connectivity index (χ1) is 7.59. The molecule has 2 rings (SSSR count). The van der Waals surface area contributed by atoms with Gasteiger partial charge in [-0.25, -0.2) is 0 Å². The highest BCUT2D eigenvalue weighted by Crippen LogP contribution is 2.24. The Morgan fingerprint density at radius 2 is 2.06 bits per heavy atom. The van der Waals surface area contributed by atoms with Crippen LogP contribution in [0.5, 0.6) is 0 Å². The quantitative estimate of drug-likeness (QED) is 0.765. The van der Waals surface area contributed by atoms with Gasteiger partial charge in [-0.15, -0.1) is 0 Å². The van der Waals surface area contributed by atoms with Gasteiger partial charge in [0.15, 0.2) is 0 Å². The van der Waals surface area contributed by atoms with Gasteiger partial charge < -0.3 is 0 Å². The minimum Gasteiger partial charge on any atom is -0.292 e. The standard InChI is InChI=1S/C13H23N3/c1-10(2)13-6-8-16-12(5-7-14-16)9-15(13)11(3)4/h5,7,10-11,13H,6,8-9H2,1-4H3. The number of rotatable bonds is 2. The van der Waals surface area contributed by atoms with E-state index in [0.29, 0.717) is 18.0 Å². The Hall–Kier alpha value is -0.830. The van der Waals surface area contributed by atoms with Crippen molar-refractivity contribution in [2.24, 2.45) is 5.92 Å². The van der Waals surface area contributed by atoms with Crippen molar-refractivity contribution in [2.75, 3.05) is 0 Å². The molecule has 3 heteroatoms. The zero-order chi connectivity index (χ0) is 11.7. The highest BCUT2D eigenvalue weighted by molar-refractivity contribution is 5.03. The number of fused-ring (bicyclic) bond motifs is 1. The normalized spacial score (nSPS) is 22.5. The molecular weight excluding hydrogens is 198 g/mol. The third-order valence-corrected chi connectivity index (χ3v) is 3.64. The molecule has 0 radical (unpaired) electrons. The van der Waals surface area contributed by atoms with Crippen LogP contribution >= 0.6 is 0 Å². The van der Waals surface area contributed by atoms with Crippen molar-refractivity contribution < 1.29 is 0 Å². The van der Waals surface area contributed by atoms with Crippen LogP contribution < -0.4 is 0 Å². The zero-order valence-corrected chi connectivity index (χ0v) is 10.8. The van der Waals surface area contributed by atoms with Crippen LogP contribution in [0.4, 0.5) is 0 Å². The molecule has 3 nitrogen and oxygen atoms in total. The second-order valence-corrected chi connectivity index (χ2v) is 5.41. The lowest BCUT2D eigenvalue weighted by molar-refractivity contribution is 0.107. The largest absolute Gasteiger partial charge is 0.292 e. The highest BCUT2D eigenvalue weighted by Gasteiger charge is 2.27. The maximum atomic E-state index is 4.39. The van der Waals surface area contributed by atoms with Gasteiger partial charge in [0.2, 0.25) is 0 Å². The van der Waals surface area contributed by atoms with Crippen molar-refractivity contribution >= 4 is 0 Å². The van der Waals surface area contributed by atoms with Gasteiger partial charge in [0, 0.05) is 31.4 Å². The van der Waals surface area contributed by atoms with Crippen molar-refractivity contribution in [3.05, 3.63) is 18.0 Å². The van der Waals surface area contributed by atoms with E-state index in [1.807, 2.05) is 6.20 Å². The topological polar surface area (TPSA) is 21.1 Å². The summed E-state index contributed by atoms with van der Waals surface area (Å²) in [4.78, 5) is 2.62. The molecule has 2 heterocycles. The van der Waals surface area contributed by atoms with Crippen LogP contribution in [-0.2, 0) is 13.1 Å². The lowest BCUT2D eigenvalue weighted by atomic mass is 9.98. The molecule has 1 unspecified atom stereocenters. The minimum atomic E-state index is 0.605. The predicted molar refractivity (Wildman–Crippen MR) is 66.1 cm³/mol. The molecule has 1 atom stereocenters. The molecule has 0 fully saturated rings. The van der Waals surface area contributed by atoms with E-state index < -0.39 is 0 Å². The number of aryl methyl sites for hydroxylation is 1. The average Bonchev–Trinajstić information content (AvgIpc) is 2.56. The van der Waals surface area contributed by atoms with Gasteiger partial charge in [-0.1, -0.05) is 13.8 Å². The lowest BCUT2D eigenvalue weighted by Gasteiger charge is -2.35. The molecule has 90 valence electrons. The molecule has 0 aromatic carbocycles. The van der Waals surface area contributed by atoms with Crippen LogP contribution in [0.15, 0.2) is 12.3 Å². The predicted octanol–water partition coefficient (Wildman–Crippen LogP) is 2.52. The second kappa shape index (κ2) is 4.58. The summed E-state index contributed by atoms with van der Waals surface area (Å²) in [6.45, 7) is 11.3. The third kappa shape index (κ3) is 2.14. The second-order valence-electron chi connectivity index (χ2n) is 5.41. The first-order valence-electron chi connectivity index (χ1n) is 6.36. The molecule has 16 heavy (non-hydrogen) atoms. The molecule has 1 aliphatic rings. The van der Waals surface area contributed by atoms with Crippen molar-refractivity contribution in [1.29, 1.82) is 0 Å². The van der Waals surface area contributed by atoms with Crippen molar-refractivity contribution in [2.45, 2.75) is 59.3 Å². The van der Waals surface area contributed by atoms with Gasteiger partial charge in [-0.05, 0) is 32.3 Å². The minimum absolute atomic E-state index is 0.605. The summed E-state index contributed by atoms with van der Waals surface area (Å²) >= 11 is 0. The molecule has 0 N–H and O–H groups in total. The summed E-state index contributed by atoms with van der Waals surface area (Å²) in [5, 5.41) is 4.39. The molecule has 0 spiro atoms. The van der Waals surface area contributed by atoms with Gasteiger partial charge in [-0.3, -0.25) is 9.58 Å². The summed E-state index contributed by atoms with van der Waals surface area (Å²) in [7, 11) is 0. The van der Waals surface area contributed by atoms with E-state index in [1.54, 1.807) is 0 Å². The Morgan fingerprint density at radius 1 is 1.31 bits per heavy atom. The molecule has 1 aliphatic heterocycles. The van der Waals surface area contributed by atoms with Crippen LogP contribution in [0.3, 0.4) is 0 Å². The van der Waals surface area contributed by atoms with Crippen molar-refractivity contribution in [3.8, 4) is 0 Å². The maximum absolute atomic E-state index is 4.39. The number of hydrogen-bond donors (Lipinski definition) is 0. The van der Waals surface area contributed by atoms with Crippen LogP contribution in [0.2, 0.25) is 0 Å². The fourth-order valence-electron chi connectivity index (χ4n) is 2.70. The van der Waals surface area contributed by atoms with Crippen LogP contribution in [0.25, 0.3) is 0 Å². The number of aromatic nitrogens is 2. The first kappa shape index (κ1) is 11.6. The van der Waals surface area contributed by atoms with E-state index in [2.05, 4.69) is 48.4 Å². The molecule has 0 amide bonds. The lowest BCUT2D eigenvalue weighted by Crippen LogP contribution is -2.42. The van der Waals surface area contributed by atoms with E-state index >= 15 is 0 Å². The van der Waals surface area contributed by atoms with Crippen molar-refractivity contribution in [1.82, 2.24) is 14.7 Å². The molecule has 1 aromatic rings. The maximum Gasteiger partial charge on any atom is 0.0524 e. The molecule has 0 bridgehead atoms. The molecule has 0 saturated heterocycles. The Morgan fingerprint density at radius 3 is 2.69 bits per heavy atom. The van der Waals surface area contributed by atoms with Crippen LogP contribution in [-0.4, -0.2) is 26.8 Å². The van der Waals surface area contributed by atoms with E-state index in [4.69, 9.17) is 0 Å². The Labute approximate surface area is 98.4 Å². The van der Waals surface area contributed by atoms with Gasteiger partial charge in [-0.2, -0.15) is 5.10 Å². The Bertz CT molecular complexity index is 341. The summed E-state index contributed by atoms with van der Waals surface area (Å²) in [6.07, 6.45) is 3.13.